The van der Waals surface area contributed by atoms with Gasteiger partial charge in [0.1, 0.15) is 12.7 Å². The van der Waals surface area contributed by atoms with Gasteiger partial charge in [-0.1, -0.05) is 95.9 Å². The number of aliphatic hydroxyl groups is 1. The Morgan fingerprint density at radius 2 is 1.27 bits per heavy atom. The Hall–Kier alpha value is -2.04. The summed E-state index contributed by atoms with van der Waals surface area (Å²) in [5.74, 6) is -2.44. The van der Waals surface area contributed by atoms with Gasteiger partial charge < -0.3 is 25.2 Å². The predicted octanol–water partition coefficient (Wildman–Crippen LogP) is 6.77. The number of nitrogens with one attached hydrogen (secondary N) is 1. The number of carboxylic acids is 1. The van der Waals surface area contributed by atoms with Crippen molar-refractivity contribution in [2.75, 3.05) is 19.8 Å². The number of phosphoric ester groups is 1. The number of aliphatic carboxylic acids is 1. The minimum absolute atomic E-state index is 0.141. The van der Waals surface area contributed by atoms with Crippen LogP contribution in [0.4, 0.5) is 0 Å². The third-order valence-corrected chi connectivity index (χ3v) is 7.66. The first-order chi connectivity index (χ1) is 21.1. The van der Waals surface area contributed by atoms with Crippen LogP contribution in [0.2, 0.25) is 0 Å². The van der Waals surface area contributed by atoms with Crippen molar-refractivity contribution in [2.24, 2.45) is 0 Å². The van der Waals surface area contributed by atoms with Gasteiger partial charge in [0.15, 0.2) is 6.04 Å². The molecule has 0 aromatic heterocycles. The molecule has 256 valence electrons. The quantitative estimate of drug-likeness (QED) is 0.0283. The molecule has 0 heterocycles. The van der Waals surface area contributed by atoms with Gasteiger partial charge in [0, 0.05) is 12.8 Å². The summed E-state index contributed by atoms with van der Waals surface area (Å²) in [4.78, 5) is 44.7. The summed E-state index contributed by atoms with van der Waals surface area (Å²) in [7, 11) is -4.72. The Bertz CT molecular complexity index is 864. The third kappa shape index (κ3) is 27.5. The maximum absolute atomic E-state index is 12.2. The Kier molecular flexibility index (Phi) is 27.1. The number of rotatable bonds is 30. The number of esters is 1. The number of aliphatic hydroxyl groups excluding tert-OH is 1. The number of carboxylic acid groups (broad SMARTS) is 1. The molecule has 0 aromatic rings. The van der Waals surface area contributed by atoms with E-state index in [0.717, 1.165) is 38.5 Å². The van der Waals surface area contributed by atoms with E-state index in [1.165, 1.54) is 51.4 Å². The lowest BCUT2D eigenvalue weighted by Gasteiger charge is -2.18. The van der Waals surface area contributed by atoms with E-state index in [-0.39, 0.29) is 12.8 Å². The van der Waals surface area contributed by atoms with E-state index in [9.17, 15) is 34.1 Å². The van der Waals surface area contributed by atoms with Crippen molar-refractivity contribution in [2.45, 2.75) is 142 Å². The third-order valence-electron chi connectivity index (χ3n) is 6.71. The van der Waals surface area contributed by atoms with Crippen LogP contribution in [0.25, 0.3) is 0 Å². The molecular weight excluding hydrogens is 589 g/mol. The Morgan fingerprint density at radius 3 is 1.84 bits per heavy atom. The molecule has 12 heteroatoms. The molecule has 0 aliphatic heterocycles. The highest BCUT2D eigenvalue weighted by atomic mass is 31.2. The van der Waals surface area contributed by atoms with Gasteiger partial charge in [0.2, 0.25) is 5.91 Å². The van der Waals surface area contributed by atoms with Crippen molar-refractivity contribution in [3.05, 3.63) is 24.3 Å². The van der Waals surface area contributed by atoms with E-state index < -0.39 is 57.6 Å². The van der Waals surface area contributed by atoms with Crippen LogP contribution in [0.5, 0.6) is 0 Å². The zero-order valence-electron chi connectivity index (χ0n) is 27.0. The summed E-state index contributed by atoms with van der Waals surface area (Å²) in [6, 6.07) is -1.54. The molecule has 0 spiro atoms. The molecule has 0 radical (unpaired) electrons. The van der Waals surface area contributed by atoms with E-state index >= 15 is 0 Å². The fourth-order valence-electron chi connectivity index (χ4n) is 4.15. The van der Waals surface area contributed by atoms with Crippen molar-refractivity contribution in [3.8, 4) is 0 Å². The van der Waals surface area contributed by atoms with Crippen molar-refractivity contribution in [1.29, 1.82) is 0 Å². The Labute approximate surface area is 264 Å². The molecule has 44 heavy (non-hydrogen) atoms. The highest BCUT2D eigenvalue weighted by Crippen LogP contribution is 2.43. The van der Waals surface area contributed by atoms with Gasteiger partial charge in [0.25, 0.3) is 0 Å². The van der Waals surface area contributed by atoms with E-state index in [1.54, 1.807) is 6.92 Å². The number of allylic oxidation sites excluding steroid dienone is 4. The monoisotopic (exact) mass is 647 g/mol. The van der Waals surface area contributed by atoms with Crippen LogP contribution in [0, 0.1) is 0 Å². The van der Waals surface area contributed by atoms with Crippen LogP contribution in [0.1, 0.15) is 129 Å². The zero-order valence-corrected chi connectivity index (χ0v) is 27.9. The average Bonchev–Trinajstić information content (AvgIpc) is 2.98. The van der Waals surface area contributed by atoms with Gasteiger partial charge in [-0.3, -0.25) is 18.6 Å². The molecular formula is C32H58NO10P. The maximum Gasteiger partial charge on any atom is 0.472 e. The second-order valence-corrected chi connectivity index (χ2v) is 12.5. The SMILES string of the molecule is CCCCC/C=C\C/C=C\CCCCCCCCCCCC(=O)NC(COP(=O)(O)OCC(O)COC(=O)CCC)C(=O)O. The molecule has 0 saturated heterocycles. The summed E-state index contributed by atoms with van der Waals surface area (Å²) >= 11 is 0. The van der Waals surface area contributed by atoms with Gasteiger partial charge in [0.05, 0.1) is 13.2 Å². The Morgan fingerprint density at radius 1 is 0.727 bits per heavy atom. The summed E-state index contributed by atoms with van der Waals surface area (Å²) < 4.78 is 26.1. The lowest BCUT2D eigenvalue weighted by Crippen LogP contribution is -2.43. The largest absolute Gasteiger partial charge is 0.480 e. The molecule has 0 fully saturated rings. The van der Waals surface area contributed by atoms with Crippen molar-refractivity contribution < 1.29 is 47.8 Å². The van der Waals surface area contributed by atoms with Gasteiger partial charge in [-0.2, -0.15) is 0 Å². The molecule has 3 unspecified atom stereocenters. The van der Waals surface area contributed by atoms with Crippen molar-refractivity contribution in [3.63, 3.8) is 0 Å². The minimum Gasteiger partial charge on any atom is -0.480 e. The van der Waals surface area contributed by atoms with Crippen molar-refractivity contribution in [1.82, 2.24) is 5.32 Å². The lowest BCUT2D eigenvalue weighted by molar-refractivity contribution is -0.147. The highest BCUT2D eigenvalue weighted by Gasteiger charge is 2.28. The number of hydrogen-bond donors (Lipinski definition) is 4. The molecule has 0 bridgehead atoms. The molecule has 3 atom stereocenters. The van der Waals surface area contributed by atoms with E-state index in [0.29, 0.717) is 12.8 Å². The molecule has 11 nitrogen and oxygen atoms in total. The number of hydrogen-bond acceptors (Lipinski definition) is 8. The maximum atomic E-state index is 12.2. The van der Waals surface area contributed by atoms with Crippen LogP contribution in [0.15, 0.2) is 24.3 Å². The van der Waals surface area contributed by atoms with Crippen LogP contribution < -0.4 is 5.32 Å². The summed E-state index contributed by atoms with van der Waals surface area (Å²) in [5, 5.41) is 21.3. The van der Waals surface area contributed by atoms with Crippen LogP contribution >= 0.6 is 7.82 Å². The summed E-state index contributed by atoms with van der Waals surface area (Å²) in [6.45, 7) is 2.10. The standard InChI is InChI=1S/C32H58NO10P/c1-3-5-6-7-8-9-10-11-12-13-14-15-16-17-18-19-20-21-22-24-30(35)33-29(32(37)38)27-43-44(39,40)42-26-28(34)25-41-31(36)23-4-2/h8-9,11-12,28-29,34H,3-7,10,13-27H2,1-2H3,(H,33,35)(H,37,38)(H,39,40)/b9-8-,12-11-. The molecule has 4 N–H and O–H groups in total. The first-order valence-corrected chi connectivity index (χ1v) is 17.9. The van der Waals surface area contributed by atoms with Crippen molar-refractivity contribution >= 4 is 25.7 Å². The molecule has 0 aliphatic rings. The number of carbonyl (C=O) groups is 3. The number of carbonyl (C=O) groups excluding carboxylic acids is 2. The first-order valence-electron chi connectivity index (χ1n) is 16.4. The number of ether oxygens (including phenoxy) is 1. The van der Waals surface area contributed by atoms with Gasteiger partial charge in [-0.15, -0.1) is 0 Å². The van der Waals surface area contributed by atoms with Crippen LogP contribution in [-0.2, 0) is 32.7 Å². The lowest BCUT2D eigenvalue weighted by atomic mass is 10.1. The number of phosphoric acid groups is 1. The Balaban J connectivity index is 3.89. The minimum atomic E-state index is -4.72. The molecule has 1 amide bonds. The molecule has 0 aromatic carbocycles. The van der Waals surface area contributed by atoms with Gasteiger partial charge in [-0.05, 0) is 44.9 Å². The summed E-state index contributed by atoms with van der Waals surface area (Å²) in [5.41, 5.74) is 0. The van der Waals surface area contributed by atoms with E-state index in [4.69, 9.17) is 4.74 Å². The molecule has 0 rings (SSSR count). The fourth-order valence-corrected chi connectivity index (χ4v) is 4.92. The zero-order chi connectivity index (χ0) is 32.9. The normalized spacial score (nSPS) is 14.5. The number of unbranched alkanes of at least 4 members (excludes halogenated alkanes) is 12. The van der Waals surface area contributed by atoms with Crippen LogP contribution in [0.3, 0.4) is 0 Å². The predicted molar refractivity (Wildman–Crippen MR) is 171 cm³/mol. The summed E-state index contributed by atoms with van der Waals surface area (Å²) in [6.07, 6.45) is 25.4. The fraction of sp³-hybridized carbons (Fsp3) is 0.781. The second-order valence-electron chi connectivity index (χ2n) is 11.0. The van der Waals surface area contributed by atoms with E-state index in [2.05, 4.69) is 45.6 Å². The second kappa shape index (κ2) is 28.4. The van der Waals surface area contributed by atoms with Crippen LogP contribution in [-0.4, -0.2) is 64.9 Å². The van der Waals surface area contributed by atoms with Gasteiger partial charge >= 0.3 is 19.8 Å². The molecule has 0 saturated carbocycles. The smallest absolute Gasteiger partial charge is 0.472 e. The average molecular weight is 648 g/mol. The van der Waals surface area contributed by atoms with E-state index in [1.807, 2.05) is 0 Å². The molecule has 0 aliphatic carbocycles. The number of amides is 1. The first kappa shape index (κ1) is 42.0. The van der Waals surface area contributed by atoms with Gasteiger partial charge in [-0.25, -0.2) is 9.36 Å². The topological polar surface area (TPSA) is 169 Å². The highest BCUT2D eigenvalue weighted by molar-refractivity contribution is 7.47.